The number of anilines is 1. The number of carbonyl (C=O) groups excluding carboxylic acids is 4. The zero-order chi connectivity index (χ0) is 29.0. The molecule has 11 heteroatoms. The predicted molar refractivity (Wildman–Crippen MR) is 144 cm³/mol. The lowest BCUT2D eigenvalue weighted by atomic mass is 9.55. The van der Waals surface area contributed by atoms with Crippen molar-refractivity contribution in [1.82, 2.24) is 4.90 Å². The Morgan fingerprint density at radius 2 is 1.44 bits per heavy atom. The van der Waals surface area contributed by atoms with Gasteiger partial charge < -0.3 is 14.8 Å². The molecule has 3 aromatic rings. The Bertz CT molecular complexity index is 1520. The summed E-state index contributed by atoms with van der Waals surface area (Å²) in [6, 6.07) is 18.2. The van der Waals surface area contributed by atoms with E-state index >= 15 is 0 Å². The summed E-state index contributed by atoms with van der Waals surface area (Å²) in [6.07, 6.45) is 0. The molecule has 1 aliphatic heterocycles. The van der Waals surface area contributed by atoms with Gasteiger partial charge in [-0.1, -0.05) is 48.5 Å². The first-order valence-corrected chi connectivity index (χ1v) is 13.1. The van der Waals surface area contributed by atoms with Gasteiger partial charge in [-0.2, -0.15) is 0 Å². The Balaban J connectivity index is 1.19. The number of carbonyl (C=O) groups is 4. The van der Waals surface area contributed by atoms with Crippen molar-refractivity contribution in [2.24, 2.45) is 11.8 Å². The highest BCUT2D eigenvalue weighted by Crippen LogP contribution is 2.61. The number of methoxy groups -OCH3 is 1. The first-order chi connectivity index (χ1) is 19.7. The highest BCUT2D eigenvalue weighted by Gasteiger charge is 2.62. The molecule has 3 amide bonds. The van der Waals surface area contributed by atoms with Crippen molar-refractivity contribution in [3.63, 3.8) is 0 Å². The highest BCUT2D eigenvalue weighted by atomic mass is 16.6. The third kappa shape index (κ3) is 4.03. The SMILES string of the molecule is COc1ccc([N+](=O)[O-])c(NC(=O)COC(=O)[C@H](C)N2C(=O)[C@@H]3C4c5ccccc5C(c5ccccc54)[C@@H]3C2=O)c1. The molecule has 208 valence electrons. The van der Waals surface area contributed by atoms with Crippen LogP contribution in [0.2, 0.25) is 0 Å². The summed E-state index contributed by atoms with van der Waals surface area (Å²) in [5.41, 5.74) is 3.55. The number of esters is 1. The monoisotopic (exact) mass is 555 g/mol. The van der Waals surface area contributed by atoms with Crippen molar-refractivity contribution >= 4 is 35.1 Å². The minimum absolute atomic E-state index is 0.132. The van der Waals surface area contributed by atoms with Crippen molar-refractivity contribution in [3.05, 3.63) is 99.1 Å². The molecule has 41 heavy (non-hydrogen) atoms. The smallest absolute Gasteiger partial charge is 0.329 e. The number of nitrogens with one attached hydrogen (secondary N) is 1. The number of amides is 3. The van der Waals surface area contributed by atoms with E-state index in [2.05, 4.69) is 5.32 Å². The van der Waals surface area contributed by atoms with Crippen LogP contribution in [0.4, 0.5) is 11.4 Å². The van der Waals surface area contributed by atoms with Crippen LogP contribution in [0.1, 0.15) is 41.0 Å². The van der Waals surface area contributed by atoms with Crippen LogP contribution in [0.25, 0.3) is 0 Å². The maximum atomic E-state index is 13.8. The van der Waals surface area contributed by atoms with E-state index in [0.717, 1.165) is 27.2 Å². The van der Waals surface area contributed by atoms with Crippen LogP contribution in [0, 0.1) is 22.0 Å². The molecular formula is C30H25N3O8. The van der Waals surface area contributed by atoms with Gasteiger partial charge in [-0.15, -0.1) is 0 Å². The minimum atomic E-state index is -1.27. The predicted octanol–water partition coefficient (Wildman–Crippen LogP) is 3.37. The van der Waals surface area contributed by atoms with Crippen LogP contribution in [0.5, 0.6) is 5.75 Å². The Morgan fingerprint density at radius 3 is 1.90 bits per heavy atom. The molecule has 1 heterocycles. The number of imide groups is 1. The van der Waals surface area contributed by atoms with Crippen molar-refractivity contribution in [1.29, 1.82) is 0 Å². The van der Waals surface area contributed by atoms with Gasteiger partial charge in [0.1, 0.15) is 17.5 Å². The summed E-state index contributed by atoms with van der Waals surface area (Å²) in [5.74, 6) is -4.31. The average molecular weight is 556 g/mol. The standard InChI is InChI=1S/C30H25N3O8/c1-15(30(37)41-14-23(34)31-21-13-16(40-2)11-12-22(21)33(38)39)32-28(35)26-24-17-7-3-4-8-18(17)25(27(26)29(32)36)20-10-6-5-9-19(20)24/h3-13,15,24-27H,14H2,1-2H3,(H,31,34)/t15-,24?,25?,26-,27+/m0/s1. The number of nitro benzene ring substituents is 1. The number of rotatable bonds is 7. The summed E-state index contributed by atoms with van der Waals surface area (Å²) in [5, 5.41) is 13.7. The van der Waals surface area contributed by atoms with Crippen LogP contribution >= 0.6 is 0 Å². The second-order valence-electron chi connectivity index (χ2n) is 10.3. The lowest BCUT2D eigenvalue weighted by Crippen LogP contribution is -2.45. The molecule has 3 aromatic carbocycles. The Morgan fingerprint density at radius 1 is 0.927 bits per heavy atom. The zero-order valence-electron chi connectivity index (χ0n) is 22.1. The van der Waals surface area contributed by atoms with Gasteiger partial charge in [0.05, 0.1) is 23.9 Å². The molecule has 7 rings (SSSR count). The molecular weight excluding hydrogens is 530 g/mol. The topological polar surface area (TPSA) is 145 Å². The summed E-state index contributed by atoms with van der Waals surface area (Å²) in [7, 11) is 1.37. The van der Waals surface area contributed by atoms with E-state index in [1.165, 1.54) is 32.2 Å². The summed E-state index contributed by atoms with van der Waals surface area (Å²) >= 11 is 0. The molecule has 11 nitrogen and oxygen atoms in total. The number of ether oxygens (including phenoxy) is 2. The molecule has 0 saturated carbocycles. The quantitative estimate of drug-likeness (QED) is 0.202. The largest absolute Gasteiger partial charge is 0.497 e. The lowest BCUT2D eigenvalue weighted by Gasteiger charge is -2.45. The second kappa shape index (κ2) is 9.84. The van der Waals surface area contributed by atoms with Gasteiger partial charge >= 0.3 is 5.97 Å². The maximum Gasteiger partial charge on any atom is 0.329 e. The van der Waals surface area contributed by atoms with Gasteiger partial charge in [0.25, 0.3) is 11.6 Å². The van der Waals surface area contributed by atoms with Gasteiger partial charge in [-0.25, -0.2) is 4.79 Å². The number of hydrogen-bond donors (Lipinski definition) is 1. The van der Waals surface area contributed by atoms with Gasteiger partial charge in [-0.3, -0.25) is 29.4 Å². The maximum absolute atomic E-state index is 13.8. The average Bonchev–Trinajstić information content (AvgIpc) is 3.25. The van der Waals surface area contributed by atoms with Crippen molar-refractivity contribution in [2.45, 2.75) is 24.8 Å². The third-order valence-corrected chi connectivity index (χ3v) is 8.23. The molecule has 1 N–H and O–H groups in total. The molecule has 3 aliphatic carbocycles. The van der Waals surface area contributed by atoms with Crippen molar-refractivity contribution in [2.75, 3.05) is 19.0 Å². The first-order valence-electron chi connectivity index (χ1n) is 13.1. The number of likely N-dealkylation sites (tertiary alicyclic amines) is 1. The van der Waals surface area contributed by atoms with Crippen LogP contribution in [-0.4, -0.2) is 53.3 Å². The van der Waals surface area contributed by atoms with Gasteiger partial charge in [0.2, 0.25) is 11.8 Å². The van der Waals surface area contributed by atoms with E-state index in [1.807, 2.05) is 48.5 Å². The fourth-order valence-corrected chi connectivity index (χ4v) is 6.53. The van der Waals surface area contributed by atoms with Gasteiger partial charge in [0, 0.05) is 24.0 Å². The van der Waals surface area contributed by atoms with Crippen LogP contribution in [-0.2, 0) is 23.9 Å². The van der Waals surface area contributed by atoms with E-state index in [1.54, 1.807) is 0 Å². The van der Waals surface area contributed by atoms with Gasteiger partial charge in [0.15, 0.2) is 6.61 Å². The molecule has 0 aromatic heterocycles. The normalized spacial score (nSPS) is 22.3. The number of benzene rings is 3. The lowest BCUT2D eigenvalue weighted by molar-refractivity contribution is -0.383. The number of nitrogens with zero attached hydrogens (tertiary/aromatic N) is 2. The van der Waals surface area contributed by atoms with Crippen LogP contribution in [0.3, 0.4) is 0 Å². The summed E-state index contributed by atoms with van der Waals surface area (Å²) in [6.45, 7) is 0.616. The molecule has 1 fully saturated rings. The fourth-order valence-electron chi connectivity index (χ4n) is 6.53. The molecule has 1 saturated heterocycles. The van der Waals surface area contributed by atoms with Crippen molar-refractivity contribution < 1.29 is 33.6 Å². The van der Waals surface area contributed by atoms with E-state index in [9.17, 15) is 29.3 Å². The van der Waals surface area contributed by atoms with E-state index in [0.29, 0.717) is 0 Å². The molecule has 0 radical (unpaired) electrons. The Kier molecular flexibility index (Phi) is 6.29. The summed E-state index contributed by atoms with van der Waals surface area (Å²) in [4.78, 5) is 64.7. The number of hydrogen-bond acceptors (Lipinski definition) is 8. The fraction of sp³-hybridized carbons (Fsp3) is 0.267. The molecule has 0 unspecified atom stereocenters. The molecule has 3 atom stereocenters. The third-order valence-electron chi connectivity index (χ3n) is 8.23. The van der Waals surface area contributed by atoms with Crippen LogP contribution in [0.15, 0.2) is 66.7 Å². The number of nitro groups is 1. The Labute approximate surface area is 234 Å². The molecule has 0 spiro atoms. The van der Waals surface area contributed by atoms with Crippen molar-refractivity contribution in [3.8, 4) is 5.75 Å². The van der Waals surface area contributed by atoms with Gasteiger partial charge in [-0.05, 0) is 35.2 Å². The highest BCUT2D eigenvalue weighted by molar-refractivity contribution is 6.10. The second-order valence-corrected chi connectivity index (χ2v) is 10.3. The van der Waals surface area contributed by atoms with Crippen LogP contribution < -0.4 is 10.1 Å². The van der Waals surface area contributed by atoms with E-state index < -0.39 is 53.1 Å². The minimum Gasteiger partial charge on any atom is -0.497 e. The first kappa shape index (κ1) is 26.2. The molecule has 2 bridgehead atoms. The van der Waals surface area contributed by atoms with E-state index in [4.69, 9.17) is 9.47 Å². The zero-order valence-corrected chi connectivity index (χ0v) is 22.1. The Hall–Kier alpha value is -5.06. The summed E-state index contributed by atoms with van der Waals surface area (Å²) < 4.78 is 10.2. The van der Waals surface area contributed by atoms with E-state index in [-0.39, 0.29) is 29.0 Å². The molecule has 4 aliphatic rings.